The summed E-state index contributed by atoms with van der Waals surface area (Å²) in [5, 5.41) is 2.06. The van der Waals surface area contributed by atoms with Crippen LogP contribution in [0, 0.1) is 0 Å². The van der Waals surface area contributed by atoms with Gasteiger partial charge in [-0.3, -0.25) is 19.8 Å². The molecule has 0 radical (unpaired) electrons. The first-order valence-electron chi connectivity index (χ1n) is 2.96. The average Bonchev–Trinajstić information content (AvgIpc) is 2.26. The molecular weight excluding hydrogens is 148 g/mol. The van der Waals surface area contributed by atoms with E-state index in [9.17, 15) is 14.4 Å². The molecule has 1 aliphatic rings. The van der Waals surface area contributed by atoms with Gasteiger partial charge < -0.3 is 0 Å². The summed E-state index contributed by atoms with van der Waals surface area (Å²) in [6.07, 6.45) is 2.95. The number of nitrogens with one attached hydrogen (secondary N) is 1. The molecule has 1 aliphatic heterocycles. The van der Waals surface area contributed by atoms with E-state index in [0.717, 1.165) is 11.0 Å². The lowest BCUT2D eigenvalue weighted by Gasteiger charge is -2.02. The van der Waals surface area contributed by atoms with E-state index in [4.69, 9.17) is 0 Å². The number of amides is 3. The third kappa shape index (κ3) is 1.64. The average molecular weight is 154 g/mol. The fourth-order valence-electron chi connectivity index (χ4n) is 0.717. The highest BCUT2D eigenvalue weighted by Gasteiger charge is 2.23. The number of nitrogens with zero attached hydrogens (tertiary/aromatic N) is 1. The van der Waals surface area contributed by atoms with Gasteiger partial charge in [0.2, 0.25) is 5.91 Å². The highest BCUT2D eigenvalue weighted by atomic mass is 16.2. The molecule has 1 rings (SSSR count). The third-order valence-electron chi connectivity index (χ3n) is 1.17. The van der Waals surface area contributed by atoms with E-state index >= 15 is 0 Å². The lowest BCUT2D eigenvalue weighted by molar-refractivity contribution is -0.118. The molecule has 1 heterocycles. The number of carbonyl (C=O) groups is 3. The van der Waals surface area contributed by atoms with Gasteiger partial charge in [-0.2, -0.15) is 0 Å². The van der Waals surface area contributed by atoms with Gasteiger partial charge >= 0.3 is 6.03 Å². The summed E-state index contributed by atoms with van der Waals surface area (Å²) >= 11 is 0. The molecule has 0 aromatic heterocycles. The maximum Gasteiger partial charge on any atom is 0.328 e. The summed E-state index contributed by atoms with van der Waals surface area (Å²) in [6.45, 7) is -0.0107. The van der Waals surface area contributed by atoms with Crippen LogP contribution >= 0.6 is 0 Å². The van der Waals surface area contributed by atoms with E-state index < -0.39 is 6.03 Å². The molecule has 0 aromatic carbocycles. The van der Waals surface area contributed by atoms with Crippen molar-refractivity contribution in [2.45, 2.75) is 0 Å². The minimum atomic E-state index is -0.492. The van der Waals surface area contributed by atoms with Gasteiger partial charge in [-0.05, 0) is 6.08 Å². The zero-order valence-corrected chi connectivity index (χ0v) is 5.61. The van der Waals surface area contributed by atoms with Crippen LogP contribution in [0.1, 0.15) is 0 Å². The standard InChI is InChI=1S/C6H6N2O3/c9-3-1-2-8-4-5(10)7-6(8)11/h1-3H,4H2,(H,7,10,11)/b2-1+. The lowest BCUT2D eigenvalue weighted by atomic mass is 10.6. The Morgan fingerprint density at radius 3 is 2.64 bits per heavy atom. The molecule has 0 saturated carbocycles. The molecule has 0 aromatic rings. The summed E-state index contributed by atoms with van der Waals surface area (Å²) in [7, 11) is 0. The fourth-order valence-corrected chi connectivity index (χ4v) is 0.717. The first kappa shape index (κ1) is 7.46. The first-order chi connectivity index (χ1) is 5.24. The second-order valence-corrected chi connectivity index (χ2v) is 1.96. The number of imide groups is 1. The number of hydrogen-bond acceptors (Lipinski definition) is 3. The van der Waals surface area contributed by atoms with Crippen molar-refractivity contribution in [2.24, 2.45) is 0 Å². The van der Waals surface area contributed by atoms with E-state index in [-0.39, 0.29) is 12.5 Å². The van der Waals surface area contributed by atoms with Gasteiger partial charge in [-0.1, -0.05) is 0 Å². The number of carbonyl (C=O) groups excluding carboxylic acids is 3. The fraction of sp³-hybridized carbons (Fsp3) is 0.167. The van der Waals surface area contributed by atoms with Gasteiger partial charge in [0.1, 0.15) is 12.8 Å². The monoisotopic (exact) mass is 154 g/mol. The van der Waals surface area contributed by atoms with Crippen molar-refractivity contribution in [3.8, 4) is 0 Å². The Morgan fingerprint density at radius 2 is 2.18 bits per heavy atom. The van der Waals surface area contributed by atoms with E-state index in [1.165, 1.54) is 6.20 Å². The number of hydrogen-bond donors (Lipinski definition) is 1. The highest BCUT2D eigenvalue weighted by Crippen LogP contribution is 1.97. The van der Waals surface area contributed by atoms with Crippen molar-refractivity contribution in [2.75, 3.05) is 6.54 Å². The Labute approximate surface area is 62.7 Å². The number of allylic oxidation sites excluding steroid dienone is 1. The summed E-state index contributed by atoms with van der Waals surface area (Å²) in [5.74, 6) is -0.356. The van der Waals surface area contributed by atoms with Crippen molar-refractivity contribution in [3.05, 3.63) is 12.3 Å². The molecule has 11 heavy (non-hydrogen) atoms. The van der Waals surface area contributed by atoms with Gasteiger partial charge in [0.05, 0.1) is 0 Å². The van der Waals surface area contributed by atoms with Crippen LogP contribution < -0.4 is 5.32 Å². The van der Waals surface area contributed by atoms with Gasteiger partial charge in [0.15, 0.2) is 0 Å². The second-order valence-electron chi connectivity index (χ2n) is 1.96. The topological polar surface area (TPSA) is 66.5 Å². The molecular formula is C6H6N2O3. The number of rotatable bonds is 2. The minimum absolute atomic E-state index is 0.0107. The van der Waals surface area contributed by atoms with Gasteiger partial charge in [0.25, 0.3) is 0 Å². The van der Waals surface area contributed by atoms with Crippen molar-refractivity contribution < 1.29 is 14.4 Å². The highest BCUT2D eigenvalue weighted by molar-refractivity contribution is 6.02. The number of aldehydes is 1. The third-order valence-corrected chi connectivity index (χ3v) is 1.17. The summed E-state index contributed by atoms with van der Waals surface area (Å²) in [6, 6.07) is -0.492. The summed E-state index contributed by atoms with van der Waals surface area (Å²) in [4.78, 5) is 32.2. The Bertz CT molecular complexity index is 234. The van der Waals surface area contributed by atoms with E-state index in [2.05, 4.69) is 5.32 Å². The van der Waals surface area contributed by atoms with Crippen LogP contribution in [-0.4, -0.2) is 29.7 Å². The van der Waals surface area contributed by atoms with Gasteiger partial charge in [-0.25, -0.2) is 4.79 Å². The first-order valence-corrected chi connectivity index (χ1v) is 2.96. The normalized spacial score (nSPS) is 17.6. The van der Waals surface area contributed by atoms with Gasteiger partial charge in [0, 0.05) is 6.20 Å². The molecule has 0 atom stereocenters. The van der Waals surface area contributed by atoms with Crippen molar-refractivity contribution in [3.63, 3.8) is 0 Å². The van der Waals surface area contributed by atoms with Crippen molar-refractivity contribution >= 4 is 18.2 Å². The van der Waals surface area contributed by atoms with Crippen molar-refractivity contribution in [1.82, 2.24) is 10.2 Å². The van der Waals surface area contributed by atoms with Gasteiger partial charge in [-0.15, -0.1) is 0 Å². The second kappa shape index (κ2) is 2.96. The van der Waals surface area contributed by atoms with Crippen molar-refractivity contribution in [1.29, 1.82) is 0 Å². The van der Waals surface area contributed by atoms with Crippen LogP contribution in [0.25, 0.3) is 0 Å². The van der Waals surface area contributed by atoms with Crippen LogP contribution in [0.2, 0.25) is 0 Å². The number of urea groups is 1. The quantitative estimate of drug-likeness (QED) is 0.323. The largest absolute Gasteiger partial charge is 0.328 e. The Hall–Kier alpha value is -1.65. The zero-order valence-electron chi connectivity index (χ0n) is 5.61. The molecule has 5 nitrogen and oxygen atoms in total. The predicted molar refractivity (Wildman–Crippen MR) is 35.4 cm³/mol. The van der Waals surface area contributed by atoms with E-state index in [1.807, 2.05) is 0 Å². The Morgan fingerprint density at radius 1 is 1.45 bits per heavy atom. The van der Waals surface area contributed by atoms with Crippen LogP contribution in [0.3, 0.4) is 0 Å². The molecule has 1 fully saturated rings. The molecule has 0 bridgehead atoms. The van der Waals surface area contributed by atoms with Crippen LogP contribution in [0.15, 0.2) is 12.3 Å². The van der Waals surface area contributed by atoms with E-state index in [0.29, 0.717) is 6.29 Å². The molecule has 1 N–H and O–H groups in total. The maximum atomic E-state index is 10.7. The molecule has 1 saturated heterocycles. The summed E-state index contributed by atoms with van der Waals surface area (Å²) in [5.41, 5.74) is 0. The Kier molecular flexibility index (Phi) is 2.00. The van der Waals surface area contributed by atoms with Crippen LogP contribution in [0.5, 0.6) is 0 Å². The van der Waals surface area contributed by atoms with Crippen LogP contribution in [-0.2, 0) is 9.59 Å². The zero-order chi connectivity index (χ0) is 8.27. The minimum Gasteiger partial charge on any atom is -0.299 e. The molecule has 5 heteroatoms. The Balaban J connectivity index is 2.60. The molecule has 0 spiro atoms. The molecule has 3 amide bonds. The SMILES string of the molecule is O=C/C=C/N1CC(=O)NC1=O. The summed E-state index contributed by atoms with van der Waals surface area (Å²) < 4.78 is 0. The molecule has 58 valence electrons. The molecule has 0 unspecified atom stereocenters. The maximum absolute atomic E-state index is 10.7. The van der Waals surface area contributed by atoms with E-state index in [1.54, 1.807) is 0 Å². The smallest absolute Gasteiger partial charge is 0.299 e. The lowest BCUT2D eigenvalue weighted by Crippen LogP contribution is -2.23. The van der Waals surface area contributed by atoms with Crippen LogP contribution in [0.4, 0.5) is 4.79 Å². The predicted octanol–water partition coefficient (Wildman–Crippen LogP) is -0.749. The molecule has 0 aliphatic carbocycles.